The molecule has 5 heteroatoms. The summed E-state index contributed by atoms with van der Waals surface area (Å²) < 4.78 is 0. The van der Waals surface area contributed by atoms with Gasteiger partial charge in [0.25, 0.3) is 0 Å². The zero-order valence-electron chi connectivity index (χ0n) is 5.61. The molecule has 56 valence electrons. The fraction of sp³-hybridized carbons (Fsp3) is 0.167. The van der Waals surface area contributed by atoms with Crippen molar-refractivity contribution in [2.75, 3.05) is 0 Å². The first-order chi connectivity index (χ1) is 5.27. The van der Waals surface area contributed by atoms with Crippen molar-refractivity contribution in [2.24, 2.45) is 15.7 Å². The van der Waals surface area contributed by atoms with Crippen molar-refractivity contribution in [3.8, 4) is 0 Å². The summed E-state index contributed by atoms with van der Waals surface area (Å²) >= 11 is 4.98. The van der Waals surface area contributed by atoms with Gasteiger partial charge in [-0.1, -0.05) is 12.2 Å². The number of thiocarbonyl (C=S) groups is 1. The van der Waals surface area contributed by atoms with Crippen LogP contribution in [0.25, 0.3) is 0 Å². The SMILES string of the molecule is NC1=CC2N=CN=C2C(=S)N1. The summed E-state index contributed by atoms with van der Waals surface area (Å²) in [5.74, 6) is 0.554. The van der Waals surface area contributed by atoms with Crippen LogP contribution in [0.2, 0.25) is 0 Å². The highest BCUT2D eigenvalue weighted by Gasteiger charge is 2.24. The van der Waals surface area contributed by atoms with E-state index in [0.29, 0.717) is 10.8 Å². The first-order valence-electron chi connectivity index (χ1n) is 3.15. The van der Waals surface area contributed by atoms with E-state index in [1.54, 1.807) is 6.08 Å². The van der Waals surface area contributed by atoms with Crippen LogP contribution >= 0.6 is 12.2 Å². The molecule has 0 aromatic rings. The Morgan fingerprint density at radius 2 is 2.45 bits per heavy atom. The lowest BCUT2D eigenvalue weighted by molar-refractivity contribution is 0.996. The number of nitrogens with one attached hydrogen (secondary N) is 1. The molecule has 4 nitrogen and oxygen atoms in total. The fourth-order valence-electron chi connectivity index (χ4n) is 1.04. The van der Waals surface area contributed by atoms with Crippen LogP contribution in [-0.2, 0) is 0 Å². The molecular weight excluding hydrogens is 160 g/mol. The normalized spacial score (nSPS) is 27.3. The summed E-state index contributed by atoms with van der Waals surface area (Å²) in [6.45, 7) is 0. The third-order valence-electron chi connectivity index (χ3n) is 1.53. The highest BCUT2D eigenvalue weighted by Crippen LogP contribution is 2.09. The van der Waals surface area contributed by atoms with Gasteiger partial charge in [0.2, 0.25) is 0 Å². The molecule has 2 heterocycles. The third kappa shape index (κ3) is 0.932. The predicted octanol–water partition coefficient (Wildman–Crippen LogP) is -0.431. The van der Waals surface area contributed by atoms with Crippen molar-refractivity contribution in [1.82, 2.24) is 5.32 Å². The maximum absolute atomic E-state index is 5.51. The highest BCUT2D eigenvalue weighted by molar-refractivity contribution is 7.82. The van der Waals surface area contributed by atoms with Gasteiger partial charge in [0.15, 0.2) is 0 Å². The number of fused-ring (bicyclic) bond motifs is 1. The first kappa shape index (κ1) is 6.48. The topological polar surface area (TPSA) is 62.8 Å². The van der Waals surface area contributed by atoms with E-state index in [1.165, 1.54) is 6.34 Å². The van der Waals surface area contributed by atoms with E-state index in [4.69, 9.17) is 18.0 Å². The summed E-state index contributed by atoms with van der Waals surface area (Å²) in [5.41, 5.74) is 6.30. The lowest BCUT2D eigenvalue weighted by atomic mass is 10.1. The van der Waals surface area contributed by atoms with E-state index in [9.17, 15) is 0 Å². The van der Waals surface area contributed by atoms with Crippen molar-refractivity contribution >= 4 is 29.3 Å². The molecule has 11 heavy (non-hydrogen) atoms. The van der Waals surface area contributed by atoms with Gasteiger partial charge in [-0.15, -0.1) is 0 Å². The van der Waals surface area contributed by atoms with Gasteiger partial charge in [-0.3, -0.25) is 4.99 Å². The summed E-state index contributed by atoms with van der Waals surface area (Å²) in [4.78, 5) is 8.62. The number of rotatable bonds is 0. The van der Waals surface area contributed by atoms with E-state index in [-0.39, 0.29) is 6.04 Å². The maximum Gasteiger partial charge on any atom is 0.129 e. The van der Waals surface area contributed by atoms with E-state index in [2.05, 4.69) is 15.3 Å². The monoisotopic (exact) mass is 166 g/mol. The minimum atomic E-state index is -0.0521. The molecule has 0 radical (unpaired) electrons. The standard InChI is InChI=1S/C6H6N4S/c7-4-1-3-5(6(11)10-4)9-2-8-3/h1-3H,7H2,(H,10,11). The van der Waals surface area contributed by atoms with Crippen molar-refractivity contribution in [1.29, 1.82) is 0 Å². The quantitative estimate of drug-likeness (QED) is 0.480. The number of nitrogens with two attached hydrogens (primary N) is 1. The molecule has 1 atom stereocenters. The van der Waals surface area contributed by atoms with Gasteiger partial charge in [-0.25, -0.2) is 4.99 Å². The molecular formula is C6H6N4S. The second-order valence-corrected chi connectivity index (χ2v) is 2.71. The Bertz CT molecular complexity index is 302. The van der Waals surface area contributed by atoms with Crippen LogP contribution in [0, 0.1) is 0 Å². The largest absolute Gasteiger partial charge is 0.385 e. The van der Waals surface area contributed by atoms with Crippen LogP contribution in [0.5, 0.6) is 0 Å². The van der Waals surface area contributed by atoms with Crippen LogP contribution in [0.3, 0.4) is 0 Å². The van der Waals surface area contributed by atoms with Gasteiger partial charge < -0.3 is 11.1 Å². The van der Waals surface area contributed by atoms with E-state index in [1.807, 2.05) is 0 Å². The highest BCUT2D eigenvalue weighted by atomic mass is 32.1. The zero-order valence-corrected chi connectivity index (χ0v) is 6.43. The molecule has 1 unspecified atom stereocenters. The second-order valence-electron chi connectivity index (χ2n) is 2.30. The molecule has 2 rings (SSSR count). The number of hydrogen-bond donors (Lipinski definition) is 2. The molecule has 0 bridgehead atoms. The molecule has 3 N–H and O–H groups in total. The molecule has 0 saturated heterocycles. The molecule has 0 amide bonds. The van der Waals surface area contributed by atoms with Crippen LogP contribution in [0.15, 0.2) is 21.9 Å². The van der Waals surface area contributed by atoms with Crippen LogP contribution in [0.1, 0.15) is 0 Å². The second kappa shape index (κ2) is 2.13. The smallest absolute Gasteiger partial charge is 0.129 e. The average molecular weight is 166 g/mol. The summed E-state index contributed by atoms with van der Waals surface area (Å²) in [6.07, 6.45) is 3.29. The zero-order chi connectivity index (χ0) is 7.84. The van der Waals surface area contributed by atoms with Crippen molar-refractivity contribution < 1.29 is 0 Å². The summed E-state index contributed by atoms with van der Waals surface area (Å²) in [5, 5.41) is 2.81. The molecule has 0 spiro atoms. The molecule has 0 fully saturated rings. The minimum Gasteiger partial charge on any atom is -0.385 e. The maximum atomic E-state index is 5.51. The Morgan fingerprint density at radius 1 is 1.64 bits per heavy atom. The minimum absolute atomic E-state index is 0.0521. The Hall–Kier alpha value is -1.23. The van der Waals surface area contributed by atoms with Gasteiger partial charge >= 0.3 is 0 Å². The van der Waals surface area contributed by atoms with Crippen LogP contribution in [-0.4, -0.2) is 23.1 Å². The fourth-order valence-corrected chi connectivity index (χ4v) is 1.33. The Kier molecular flexibility index (Phi) is 1.25. The summed E-state index contributed by atoms with van der Waals surface area (Å²) in [6, 6.07) is -0.0521. The Labute approximate surface area is 68.9 Å². The van der Waals surface area contributed by atoms with Crippen molar-refractivity contribution in [2.45, 2.75) is 6.04 Å². The van der Waals surface area contributed by atoms with Gasteiger partial charge in [0, 0.05) is 0 Å². The predicted molar refractivity (Wildman–Crippen MR) is 47.7 cm³/mol. The lowest BCUT2D eigenvalue weighted by Crippen LogP contribution is -2.41. The molecule has 0 aromatic carbocycles. The Morgan fingerprint density at radius 3 is 3.27 bits per heavy atom. The van der Waals surface area contributed by atoms with Gasteiger partial charge in [-0.2, -0.15) is 0 Å². The van der Waals surface area contributed by atoms with Crippen LogP contribution in [0.4, 0.5) is 0 Å². The molecule has 2 aliphatic rings. The van der Waals surface area contributed by atoms with Gasteiger partial charge in [-0.05, 0) is 6.08 Å². The van der Waals surface area contributed by atoms with Gasteiger partial charge in [0.1, 0.15) is 23.1 Å². The number of aliphatic imine (C=N–C) groups is 2. The first-order valence-corrected chi connectivity index (χ1v) is 3.56. The molecule has 0 aliphatic carbocycles. The molecule has 2 aliphatic heterocycles. The number of hydrogen-bond acceptors (Lipinski definition) is 4. The van der Waals surface area contributed by atoms with Crippen molar-refractivity contribution in [3.63, 3.8) is 0 Å². The van der Waals surface area contributed by atoms with E-state index < -0.39 is 0 Å². The van der Waals surface area contributed by atoms with E-state index >= 15 is 0 Å². The molecule has 0 aromatic heterocycles. The molecule has 0 saturated carbocycles. The number of nitrogens with zero attached hydrogens (tertiary/aromatic N) is 2. The summed E-state index contributed by atoms with van der Waals surface area (Å²) in [7, 11) is 0. The lowest BCUT2D eigenvalue weighted by Gasteiger charge is -2.17. The van der Waals surface area contributed by atoms with Gasteiger partial charge in [0.05, 0.1) is 5.82 Å². The van der Waals surface area contributed by atoms with Crippen LogP contribution < -0.4 is 11.1 Å². The van der Waals surface area contributed by atoms with Crippen molar-refractivity contribution in [3.05, 3.63) is 11.9 Å². The third-order valence-corrected chi connectivity index (χ3v) is 1.84. The van der Waals surface area contributed by atoms with E-state index in [0.717, 1.165) is 5.71 Å². The average Bonchev–Trinajstić information content (AvgIpc) is 2.34. The Balaban J connectivity index is 2.42.